The van der Waals surface area contributed by atoms with Gasteiger partial charge in [-0.05, 0) is 42.2 Å². The van der Waals surface area contributed by atoms with Crippen molar-refractivity contribution < 1.29 is 44.5 Å². The van der Waals surface area contributed by atoms with Crippen molar-refractivity contribution in [2.24, 2.45) is 0 Å². The Balaban J connectivity index is 1.47. The molecule has 0 atom stereocenters. The largest absolute Gasteiger partial charge is 0.510 e. The lowest BCUT2D eigenvalue weighted by Gasteiger charge is -2.16. The van der Waals surface area contributed by atoms with E-state index in [1.807, 2.05) is 55.5 Å². The van der Waals surface area contributed by atoms with Crippen LogP contribution in [0.4, 0.5) is 4.79 Å². The number of hydrogen-bond donors (Lipinski definition) is 4. The molecule has 45 heavy (non-hydrogen) atoms. The Hall–Kier alpha value is -4.74. The summed E-state index contributed by atoms with van der Waals surface area (Å²) in [5, 5.41) is 49.4. The normalized spacial score (nSPS) is 11.6. The highest BCUT2D eigenvalue weighted by Gasteiger charge is 2.31. The summed E-state index contributed by atoms with van der Waals surface area (Å²) in [6.07, 6.45) is 0.557. The number of tetrazole rings is 1. The van der Waals surface area contributed by atoms with Gasteiger partial charge >= 0.3 is 12.1 Å². The SMILES string of the molecule is CCCc1nc(C(C)(C)O)c(C(=O)O)n1Cc1ccc(-c2ccccc2-c2nnn(COC(=O)OCCCON(O)O)n2)cc1. The molecule has 0 saturated carbocycles. The van der Waals surface area contributed by atoms with Gasteiger partial charge in [0.05, 0.1) is 18.6 Å². The molecule has 0 aliphatic heterocycles. The van der Waals surface area contributed by atoms with E-state index in [1.165, 1.54) is 13.8 Å². The number of ether oxygens (including phenoxy) is 2. The lowest BCUT2D eigenvalue weighted by molar-refractivity contribution is -0.492. The van der Waals surface area contributed by atoms with Gasteiger partial charge < -0.3 is 24.3 Å². The van der Waals surface area contributed by atoms with Crippen LogP contribution in [0.5, 0.6) is 0 Å². The van der Waals surface area contributed by atoms with Crippen molar-refractivity contribution in [3.05, 3.63) is 71.3 Å². The molecule has 4 rings (SSSR count). The number of nitrogens with zero attached hydrogens (tertiary/aromatic N) is 7. The molecule has 16 heteroatoms. The Morgan fingerprint density at radius 3 is 2.36 bits per heavy atom. The molecule has 0 fully saturated rings. The van der Waals surface area contributed by atoms with E-state index in [4.69, 9.17) is 19.9 Å². The first-order valence-corrected chi connectivity index (χ1v) is 14.1. The first kappa shape index (κ1) is 33.2. The number of imidazole rings is 1. The van der Waals surface area contributed by atoms with Gasteiger partial charge in [-0.15, -0.1) is 15.0 Å². The minimum atomic E-state index is -1.41. The highest BCUT2D eigenvalue weighted by Crippen LogP contribution is 2.31. The predicted molar refractivity (Wildman–Crippen MR) is 155 cm³/mol. The van der Waals surface area contributed by atoms with E-state index < -0.39 is 23.1 Å². The van der Waals surface area contributed by atoms with Crippen LogP contribution in [0.15, 0.2) is 48.5 Å². The van der Waals surface area contributed by atoms with Gasteiger partial charge in [-0.2, -0.15) is 0 Å². The van der Waals surface area contributed by atoms with Gasteiger partial charge in [-0.3, -0.25) is 15.3 Å². The number of aromatic carboxylic acids is 1. The zero-order valence-corrected chi connectivity index (χ0v) is 25.0. The van der Waals surface area contributed by atoms with Gasteiger partial charge in [-0.1, -0.05) is 55.5 Å². The fourth-order valence-electron chi connectivity index (χ4n) is 4.55. The molecule has 240 valence electrons. The number of aromatic nitrogens is 6. The summed E-state index contributed by atoms with van der Waals surface area (Å²) in [5.41, 5.74) is 1.90. The van der Waals surface area contributed by atoms with Crippen molar-refractivity contribution in [3.63, 3.8) is 0 Å². The number of aryl methyl sites for hydroxylation is 1. The molecular formula is C29H35N7O9. The van der Waals surface area contributed by atoms with Crippen molar-refractivity contribution in [1.82, 2.24) is 35.1 Å². The fraction of sp³-hybridized carbons (Fsp3) is 0.379. The van der Waals surface area contributed by atoms with Crippen LogP contribution in [-0.2, 0) is 39.6 Å². The van der Waals surface area contributed by atoms with Crippen LogP contribution in [0.1, 0.15) is 61.2 Å². The Morgan fingerprint density at radius 1 is 1.00 bits per heavy atom. The summed E-state index contributed by atoms with van der Waals surface area (Å²) in [6.45, 7) is 4.79. The molecule has 2 heterocycles. The lowest BCUT2D eigenvalue weighted by Crippen LogP contribution is -2.22. The second-order valence-electron chi connectivity index (χ2n) is 10.5. The third-order valence-electron chi connectivity index (χ3n) is 6.54. The van der Waals surface area contributed by atoms with E-state index in [0.29, 0.717) is 23.6 Å². The van der Waals surface area contributed by atoms with Gasteiger partial charge in [0.25, 0.3) is 0 Å². The van der Waals surface area contributed by atoms with Crippen LogP contribution >= 0.6 is 0 Å². The van der Waals surface area contributed by atoms with Crippen molar-refractivity contribution in [2.75, 3.05) is 13.2 Å². The zero-order chi connectivity index (χ0) is 32.6. The molecule has 0 unspecified atom stereocenters. The van der Waals surface area contributed by atoms with Crippen LogP contribution < -0.4 is 0 Å². The molecular weight excluding hydrogens is 590 g/mol. The maximum atomic E-state index is 12.2. The third-order valence-corrected chi connectivity index (χ3v) is 6.54. The highest BCUT2D eigenvalue weighted by atomic mass is 17.1. The number of carboxylic acids is 1. The van der Waals surface area contributed by atoms with E-state index in [-0.39, 0.29) is 44.3 Å². The first-order chi connectivity index (χ1) is 21.5. The molecule has 16 nitrogen and oxygen atoms in total. The molecule has 0 aliphatic carbocycles. The zero-order valence-electron chi connectivity index (χ0n) is 25.0. The summed E-state index contributed by atoms with van der Waals surface area (Å²) >= 11 is 0. The molecule has 2 aromatic heterocycles. The summed E-state index contributed by atoms with van der Waals surface area (Å²) in [5.74, 6) is -0.256. The maximum absolute atomic E-state index is 12.2. The van der Waals surface area contributed by atoms with Crippen LogP contribution in [0.25, 0.3) is 22.5 Å². The molecule has 0 saturated heterocycles. The van der Waals surface area contributed by atoms with Gasteiger partial charge in [0.2, 0.25) is 12.6 Å². The lowest BCUT2D eigenvalue weighted by atomic mass is 9.98. The third kappa shape index (κ3) is 8.68. The molecule has 0 aliphatic rings. The average Bonchev–Trinajstić information content (AvgIpc) is 3.62. The molecule has 0 radical (unpaired) electrons. The maximum Gasteiger partial charge on any atom is 0.510 e. The number of aliphatic hydroxyl groups is 1. The van der Waals surface area contributed by atoms with Crippen molar-refractivity contribution in [1.29, 1.82) is 0 Å². The number of carboxylic acid groups (broad SMARTS) is 1. The van der Waals surface area contributed by atoms with Crippen LogP contribution in [0.3, 0.4) is 0 Å². The van der Waals surface area contributed by atoms with E-state index >= 15 is 0 Å². The minimum Gasteiger partial charge on any atom is -0.477 e. The van der Waals surface area contributed by atoms with E-state index in [2.05, 4.69) is 25.2 Å². The van der Waals surface area contributed by atoms with Crippen LogP contribution in [-0.4, -0.2) is 81.1 Å². The second kappa shape index (κ2) is 14.8. The summed E-state index contributed by atoms with van der Waals surface area (Å²) in [4.78, 5) is 34.0. The van der Waals surface area contributed by atoms with Gasteiger partial charge in [0.15, 0.2) is 5.69 Å². The van der Waals surface area contributed by atoms with Crippen LogP contribution in [0.2, 0.25) is 0 Å². The molecule has 2 aromatic carbocycles. The smallest absolute Gasteiger partial charge is 0.477 e. The molecule has 4 aromatic rings. The first-order valence-electron chi connectivity index (χ1n) is 14.1. The highest BCUT2D eigenvalue weighted by molar-refractivity contribution is 5.87. The Labute approximate surface area is 257 Å². The van der Waals surface area contributed by atoms with Gasteiger partial charge in [-0.25, -0.2) is 14.6 Å². The van der Waals surface area contributed by atoms with Crippen molar-refractivity contribution in [2.45, 2.75) is 58.9 Å². The number of rotatable bonds is 15. The standard InChI is InChI=1S/C29H35N7O9/c1-4-8-23-30-25(29(2,3)40)24(27(37)38)34(23)17-19-11-13-20(14-12-19)21-9-5-6-10-22(21)26-31-33-35(32-26)18-44-28(39)43-15-7-16-45-36(41)42/h5-6,9-14,40-42H,4,7-8,15-18H2,1-3H3,(H,37,38). The topological polar surface area (TPSA) is 207 Å². The fourth-order valence-corrected chi connectivity index (χ4v) is 4.55. The number of benzene rings is 2. The summed E-state index contributed by atoms with van der Waals surface area (Å²) in [6, 6.07) is 15.1. The monoisotopic (exact) mass is 625 g/mol. The minimum absolute atomic E-state index is 0.0291. The van der Waals surface area contributed by atoms with Crippen molar-refractivity contribution in [3.8, 4) is 22.5 Å². The Kier molecular flexibility index (Phi) is 10.9. The Bertz CT molecular complexity index is 1590. The van der Waals surface area contributed by atoms with E-state index in [0.717, 1.165) is 27.9 Å². The quantitative estimate of drug-likeness (QED) is 0.0845. The molecule has 0 amide bonds. The van der Waals surface area contributed by atoms with Gasteiger partial charge in [0.1, 0.15) is 17.1 Å². The summed E-state index contributed by atoms with van der Waals surface area (Å²) < 4.78 is 11.5. The predicted octanol–water partition coefficient (Wildman–Crippen LogP) is 3.64. The van der Waals surface area contributed by atoms with Crippen molar-refractivity contribution >= 4 is 12.1 Å². The number of carbonyl (C=O) groups is 2. The molecule has 0 bridgehead atoms. The number of hydrogen-bond acceptors (Lipinski definition) is 13. The molecule has 4 N–H and O–H groups in total. The van der Waals surface area contributed by atoms with E-state index in [9.17, 15) is 19.8 Å². The van der Waals surface area contributed by atoms with Gasteiger partial charge in [0, 0.05) is 24.9 Å². The Morgan fingerprint density at radius 2 is 1.71 bits per heavy atom. The summed E-state index contributed by atoms with van der Waals surface area (Å²) in [7, 11) is 0. The average molecular weight is 626 g/mol. The number of carbonyl (C=O) groups excluding carboxylic acids is 1. The second-order valence-corrected chi connectivity index (χ2v) is 10.5. The molecule has 0 spiro atoms. The van der Waals surface area contributed by atoms with Crippen LogP contribution in [0, 0.1) is 0 Å². The van der Waals surface area contributed by atoms with E-state index in [1.54, 1.807) is 4.57 Å².